The molecule has 1 aromatic carbocycles. The molecule has 0 saturated heterocycles. The third-order valence-electron chi connectivity index (χ3n) is 2.71. The Hall–Kier alpha value is -1.08. The van der Waals surface area contributed by atoms with E-state index in [1.54, 1.807) is 0 Å². The van der Waals surface area contributed by atoms with Gasteiger partial charge in [-0.15, -0.1) is 0 Å². The van der Waals surface area contributed by atoms with Crippen LogP contribution < -0.4 is 5.14 Å². The minimum atomic E-state index is -4.93. The molecular weight excluding hydrogens is 279 g/mol. The molecule has 0 aliphatic heterocycles. The number of primary sulfonamides is 1. The van der Waals surface area contributed by atoms with Gasteiger partial charge >= 0.3 is 6.18 Å². The summed E-state index contributed by atoms with van der Waals surface area (Å²) in [5.74, 6) is 0. The molecule has 108 valence electrons. The van der Waals surface area contributed by atoms with E-state index < -0.39 is 21.4 Å². The Morgan fingerprint density at radius 2 is 1.47 bits per heavy atom. The van der Waals surface area contributed by atoms with E-state index in [1.807, 2.05) is 20.8 Å². The second kappa shape index (κ2) is 4.79. The number of hydrogen-bond donors (Lipinski definition) is 1. The molecule has 0 bridgehead atoms. The molecule has 0 aliphatic rings. The predicted molar refractivity (Wildman–Crippen MR) is 67.0 cm³/mol. The first-order chi connectivity index (χ1) is 8.33. The molecule has 0 amide bonds. The Kier molecular flexibility index (Phi) is 4.03. The molecule has 0 spiro atoms. The number of halogens is 3. The smallest absolute Gasteiger partial charge is 0.228 e. The predicted octanol–water partition coefficient (Wildman–Crippen LogP) is 2.88. The lowest BCUT2D eigenvalue weighted by molar-refractivity contribution is -0.131. The van der Waals surface area contributed by atoms with Crippen molar-refractivity contribution in [3.8, 4) is 0 Å². The quantitative estimate of drug-likeness (QED) is 0.912. The van der Waals surface area contributed by atoms with Crippen LogP contribution in [0.1, 0.15) is 37.1 Å². The summed E-state index contributed by atoms with van der Waals surface area (Å²) in [5, 5.41) is 1.99. The van der Waals surface area contributed by atoms with E-state index in [1.165, 1.54) is 12.1 Å². The minimum Gasteiger partial charge on any atom is -0.228 e. The van der Waals surface area contributed by atoms with E-state index >= 15 is 0 Å². The summed E-state index contributed by atoms with van der Waals surface area (Å²) < 4.78 is 60.6. The highest BCUT2D eigenvalue weighted by molar-refractivity contribution is 7.89. The van der Waals surface area contributed by atoms with Crippen LogP contribution in [0.15, 0.2) is 24.3 Å². The average molecular weight is 295 g/mol. The number of nitrogens with two attached hydrogens (primary N) is 1. The first-order valence-electron chi connectivity index (χ1n) is 5.52. The number of benzene rings is 1. The van der Waals surface area contributed by atoms with Crippen LogP contribution in [0.3, 0.4) is 0 Å². The molecular formula is C12H16F3NO2S. The van der Waals surface area contributed by atoms with Gasteiger partial charge in [0.15, 0.2) is 5.25 Å². The number of alkyl halides is 3. The van der Waals surface area contributed by atoms with Gasteiger partial charge in [-0.2, -0.15) is 13.2 Å². The maximum absolute atomic E-state index is 12.8. The van der Waals surface area contributed by atoms with Crippen LogP contribution in [0.25, 0.3) is 0 Å². The summed E-state index contributed by atoms with van der Waals surface area (Å²) in [6, 6.07) is 5.28. The molecule has 0 heterocycles. The summed E-state index contributed by atoms with van der Waals surface area (Å²) in [4.78, 5) is 0. The molecule has 3 nitrogen and oxygen atoms in total. The van der Waals surface area contributed by atoms with Crippen molar-refractivity contribution in [3.63, 3.8) is 0 Å². The highest BCUT2D eigenvalue weighted by Gasteiger charge is 2.48. The van der Waals surface area contributed by atoms with Gasteiger partial charge < -0.3 is 0 Å². The molecule has 0 aromatic heterocycles. The Morgan fingerprint density at radius 3 is 1.74 bits per heavy atom. The van der Waals surface area contributed by atoms with Crippen molar-refractivity contribution in [2.45, 2.75) is 37.6 Å². The maximum Gasteiger partial charge on any atom is 0.410 e. The summed E-state index contributed by atoms with van der Waals surface area (Å²) >= 11 is 0. The van der Waals surface area contributed by atoms with Gasteiger partial charge in [0.05, 0.1) is 0 Å². The molecule has 0 radical (unpaired) electrons. The first kappa shape index (κ1) is 16.0. The third kappa shape index (κ3) is 3.94. The Labute approximate surface area is 110 Å². The highest BCUT2D eigenvalue weighted by atomic mass is 32.2. The summed E-state index contributed by atoms with van der Waals surface area (Å²) in [6.45, 7) is 5.72. The van der Waals surface area contributed by atoms with Crippen molar-refractivity contribution in [2.24, 2.45) is 5.14 Å². The van der Waals surface area contributed by atoms with Gasteiger partial charge in [0.25, 0.3) is 0 Å². The number of rotatable bonds is 2. The van der Waals surface area contributed by atoms with Crippen molar-refractivity contribution < 1.29 is 21.6 Å². The minimum absolute atomic E-state index is 0.228. The zero-order chi connectivity index (χ0) is 15.1. The van der Waals surface area contributed by atoms with Crippen molar-refractivity contribution in [2.75, 3.05) is 0 Å². The Balaban J connectivity index is 3.28. The second-order valence-electron chi connectivity index (χ2n) is 5.38. The fourth-order valence-corrected chi connectivity index (χ4v) is 2.63. The van der Waals surface area contributed by atoms with Crippen LogP contribution in [-0.4, -0.2) is 14.6 Å². The zero-order valence-electron chi connectivity index (χ0n) is 10.8. The lowest BCUT2D eigenvalue weighted by Gasteiger charge is -2.22. The molecule has 1 rings (SSSR count). The fourth-order valence-electron chi connectivity index (χ4n) is 1.72. The van der Waals surface area contributed by atoms with Crippen molar-refractivity contribution >= 4 is 10.0 Å². The third-order valence-corrected chi connectivity index (χ3v) is 3.90. The van der Waals surface area contributed by atoms with Gasteiger partial charge in [0, 0.05) is 0 Å². The topological polar surface area (TPSA) is 60.2 Å². The van der Waals surface area contributed by atoms with E-state index in [-0.39, 0.29) is 11.0 Å². The zero-order valence-corrected chi connectivity index (χ0v) is 11.6. The summed E-state index contributed by atoms with van der Waals surface area (Å²) in [5.41, 5.74) is 0.211. The largest absolute Gasteiger partial charge is 0.410 e. The van der Waals surface area contributed by atoms with Gasteiger partial charge in [-0.1, -0.05) is 45.0 Å². The maximum atomic E-state index is 12.8. The lowest BCUT2D eigenvalue weighted by atomic mass is 9.86. The van der Waals surface area contributed by atoms with E-state index in [4.69, 9.17) is 0 Å². The highest BCUT2D eigenvalue weighted by Crippen LogP contribution is 2.38. The fraction of sp³-hybridized carbons (Fsp3) is 0.500. The van der Waals surface area contributed by atoms with E-state index in [0.29, 0.717) is 0 Å². The molecule has 2 N–H and O–H groups in total. The van der Waals surface area contributed by atoms with Crippen LogP contribution in [0.4, 0.5) is 13.2 Å². The monoisotopic (exact) mass is 295 g/mol. The number of sulfonamides is 1. The van der Waals surface area contributed by atoms with E-state index in [2.05, 4.69) is 5.14 Å². The van der Waals surface area contributed by atoms with Crippen LogP contribution >= 0.6 is 0 Å². The molecule has 7 heteroatoms. The lowest BCUT2D eigenvalue weighted by Crippen LogP contribution is -2.33. The van der Waals surface area contributed by atoms with E-state index in [9.17, 15) is 21.6 Å². The molecule has 1 atom stereocenters. The van der Waals surface area contributed by atoms with Crippen LogP contribution in [-0.2, 0) is 15.4 Å². The second-order valence-corrected chi connectivity index (χ2v) is 7.03. The number of hydrogen-bond acceptors (Lipinski definition) is 2. The standard InChI is InChI=1S/C12H16F3NO2S/c1-11(2,3)9-6-4-8(5-7-9)10(12(13,14)15)19(16,17)18/h4-7,10H,1-3H3,(H2,16,17,18). The molecule has 0 fully saturated rings. The van der Waals surface area contributed by atoms with Gasteiger partial charge in [-0.25, -0.2) is 13.6 Å². The molecule has 0 aliphatic carbocycles. The van der Waals surface area contributed by atoms with Crippen LogP contribution in [0.2, 0.25) is 0 Å². The van der Waals surface area contributed by atoms with Crippen LogP contribution in [0.5, 0.6) is 0 Å². The first-order valence-corrected chi connectivity index (χ1v) is 7.13. The van der Waals surface area contributed by atoms with E-state index in [0.717, 1.165) is 17.7 Å². The molecule has 19 heavy (non-hydrogen) atoms. The summed E-state index contributed by atoms with van der Waals surface area (Å²) in [6.07, 6.45) is -4.93. The summed E-state index contributed by atoms with van der Waals surface area (Å²) in [7, 11) is -4.75. The normalized spacial score (nSPS) is 15.3. The molecule has 1 aromatic rings. The Morgan fingerprint density at radius 1 is 1.05 bits per heavy atom. The van der Waals surface area contributed by atoms with Gasteiger partial charge in [0.2, 0.25) is 10.0 Å². The molecule has 1 unspecified atom stereocenters. The average Bonchev–Trinajstić information content (AvgIpc) is 2.12. The van der Waals surface area contributed by atoms with Gasteiger partial charge in [-0.05, 0) is 16.5 Å². The van der Waals surface area contributed by atoms with Crippen LogP contribution in [0, 0.1) is 0 Å². The van der Waals surface area contributed by atoms with Crippen molar-refractivity contribution in [1.82, 2.24) is 0 Å². The SMILES string of the molecule is CC(C)(C)c1ccc(C(C(F)(F)F)S(N)(=O)=O)cc1. The van der Waals surface area contributed by atoms with Gasteiger partial charge in [-0.3, -0.25) is 0 Å². The van der Waals surface area contributed by atoms with Crippen molar-refractivity contribution in [3.05, 3.63) is 35.4 Å². The van der Waals surface area contributed by atoms with Gasteiger partial charge in [0.1, 0.15) is 0 Å². The Bertz CT molecular complexity index is 542. The van der Waals surface area contributed by atoms with Crippen molar-refractivity contribution in [1.29, 1.82) is 0 Å². The molecule has 0 saturated carbocycles.